The summed E-state index contributed by atoms with van der Waals surface area (Å²) in [4.78, 5) is 20.2. The van der Waals surface area contributed by atoms with Crippen molar-refractivity contribution in [2.24, 2.45) is 4.99 Å². The van der Waals surface area contributed by atoms with Crippen molar-refractivity contribution in [1.29, 1.82) is 0 Å². The van der Waals surface area contributed by atoms with Gasteiger partial charge in [-0.05, 0) is 25.2 Å². The molecule has 27 heavy (non-hydrogen) atoms. The number of aromatic amines is 1. The number of nitrogens with one attached hydrogen (secondary N) is 1. The minimum absolute atomic E-state index is 0.0446. The number of likely N-dealkylation sites (N-methyl/N-ethyl adjacent to an activating group) is 1. The van der Waals surface area contributed by atoms with Gasteiger partial charge in [-0.15, -0.1) is 0 Å². The Morgan fingerprint density at radius 1 is 1.04 bits per heavy atom. The molecule has 0 radical (unpaired) electrons. The van der Waals surface area contributed by atoms with Crippen LogP contribution in [0.25, 0.3) is 32.4 Å². The number of aromatic nitrogens is 2. The molecule has 0 bridgehead atoms. The first-order valence-corrected chi connectivity index (χ1v) is 9.27. The Morgan fingerprint density at radius 3 is 2.52 bits per heavy atom. The number of benzene rings is 3. The van der Waals surface area contributed by atoms with E-state index in [-0.39, 0.29) is 11.3 Å². The standard InChI is InChI=1S/C21H22N4O2/c1-3-25(4-2)12-11-22-16-10-9-15-17-18(16)20(26)14-8-6-5-7-13(14)19(17)23-24-21(15)27/h5-10,24,27H,3-4,11-12H2,1-2H3. The molecule has 6 heteroatoms. The molecule has 0 spiro atoms. The molecule has 2 N–H and O–H groups in total. The maximum atomic E-state index is 13.2. The minimum Gasteiger partial charge on any atom is -0.493 e. The van der Waals surface area contributed by atoms with Crippen LogP contribution in [-0.4, -0.2) is 46.4 Å². The van der Waals surface area contributed by atoms with Crippen molar-refractivity contribution >= 4 is 32.4 Å². The van der Waals surface area contributed by atoms with E-state index in [0.29, 0.717) is 39.0 Å². The van der Waals surface area contributed by atoms with Crippen molar-refractivity contribution in [3.05, 3.63) is 52.0 Å². The number of hydrogen-bond donors (Lipinski definition) is 2. The van der Waals surface area contributed by atoms with E-state index in [1.165, 1.54) is 0 Å². The molecule has 0 atom stereocenters. The molecule has 0 saturated carbocycles. The lowest BCUT2D eigenvalue weighted by Gasteiger charge is -2.16. The molecular weight excluding hydrogens is 340 g/mol. The second-order valence-electron chi connectivity index (χ2n) is 6.59. The van der Waals surface area contributed by atoms with Crippen LogP contribution < -0.4 is 10.8 Å². The number of nitrogens with zero attached hydrogens (tertiary/aromatic N) is 3. The fourth-order valence-corrected chi connectivity index (χ4v) is 3.69. The molecule has 0 aliphatic carbocycles. The van der Waals surface area contributed by atoms with Crippen LogP contribution in [0.3, 0.4) is 0 Å². The molecule has 0 amide bonds. The van der Waals surface area contributed by atoms with E-state index in [1.54, 1.807) is 6.07 Å². The van der Waals surface area contributed by atoms with Gasteiger partial charge in [0.05, 0.1) is 17.3 Å². The predicted molar refractivity (Wildman–Crippen MR) is 108 cm³/mol. The van der Waals surface area contributed by atoms with E-state index in [2.05, 4.69) is 28.9 Å². The number of H-pyrrole nitrogens is 1. The highest BCUT2D eigenvalue weighted by Crippen LogP contribution is 2.30. The summed E-state index contributed by atoms with van der Waals surface area (Å²) in [6.07, 6.45) is 0. The molecule has 0 unspecified atom stereocenters. The topological polar surface area (TPSA) is 81.6 Å². The van der Waals surface area contributed by atoms with E-state index in [0.717, 1.165) is 25.0 Å². The van der Waals surface area contributed by atoms with Crippen LogP contribution in [-0.2, 0) is 0 Å². The molecular formula is C21H22N4O2. The minimum atomic E-state index is -0.0716. The van der Waals surface area contributed by atoms with E-state index in [4.69, 9.17) is 4.99 Å². The lowest BCUT2D eigenvalue weighted by molar-refractivity contribution is 0.312. The van der Waals surface area contributed by atoms with Crippen molar-refractivity contribution in [3.8, 4) is 5.88 Å². The smallest absolute Gasteiger partial charge is 0.213 e. The van der Waals surface area contributed by atoms with Gasteiger partial charge in [0.1, 0.15) is 5.52 Å². The van der Waals surface area contributed by atoms with Crippen LogP contribution >= 0.6 is 0 Å². The lowest BCUT2D eigenvalue weighted by atomic mass is 9.98. The molecule has 0 fully saturated rings. The van der Waals surface area contributed by atoms with Crippen LogP contribution in [0.15, 0.2) is 46.2 Å². The maximum Gasteiger partial charge on any atom is 0.213 e. The highest BCUT2D eigenvalue weighted by atomic mass is 16.3. The van der Waals surface area contributed by atoms with Crippen LogP contribution in [0.5, 0.6) is 5.88 Å². The maximum absolute atomic E-state index is 13.2. The summed E-state index contributed by atoms with van der Waals surface area (Å²) < 4.78 is 0. The van der Waals surface area contributed by atoms with Crippen molar-refractivity contribution in [1.82, 2.24) is 15.1 Å². The number of rotatable bonds is 5. The molecule has 1 heterocycles. The summed E-state index contributed by atoms with van der Waals surface area (Å²) in [5.41, 5.74) is 0.603. The zero-order chi connectivity index (χ0) is 19.0. The SMILES string of the molecule is CCN(CC)CCN=c1ccc2c(O)[nH]nc3c4ccccc4c(=O)c1c23. The fourth-order valence-electron chi connectivity index (χ4n) is 3.69. The third kappa shape index (κ3) is 2.82. The predicted octanol–water partition coefficient (Wildman–Crippen LogP) is 2.62. The average molecular weight is 362 g/mol. The fraction of sp³-hybridized carbons (Fsp3) is 0.286. The van der Waals surface area contributed by atoms with Gasteiger partial charge in [0.25, 0.3) is 0 Å². The average Bonchev–Trinajstić information content (AvgIpc) is 2.70. The van der Waals surface area contributed by atoms with Gasteiger partial charge in [0.15, 0.2) is 5.43 Å². The highest BCUT2D eigenvalue weighted by molar-refractivity contribution is 6.19. The summed E-state index contributed by atoms with van der Waals surface area (Å²) in [5.74, 6) is -0.0446. The Bertz CT molecular complexity index is 1240. The van der Waals surface area contributed by atoms with E-state index in [9.17, 15) is 9.90 Å². The molecule has 4 aromatic rings. The van der Waals surface area contributed by atoms with Gasteiger partial charge in [-0.2, -0.15) is 5.10 Å². The first kappa shape index (κ1) is 17.4. The summed E-state index contributed by atoms with van der Waals surface area (Å²) in [6.45, 7) is 7.65. The lowest BCUT2D eigenvalue weighted by Crippen LogP contribution is -2.26. The Hall–Kier alpha value is -2.99. The molecule has 3 aromatic carbocycles. The first-order valence-electron chi connectivity index (χ1n) is 9.27. The molecule has 0 saturated heterocycles. The first-order chi connectivity index (χ1) is 13.2. The van der Waals surface area contributed by atoms with Gasteiger partial charge in [-0.3, -0.25) is 9.79 Å². The Balaban J connectivity index is 2.04. The van der Waals surface area contributed by atoms with Gasteiger partial charge in [0, 0.05) is 28.1 Å². The number of aromatic hydroxyl groups is 1. The highest BCUT2D eigenvalue weighted by Gasteiger charge is 2.16. The third-order valence-electron chi connectivity index (χ3n) is 5.20. The van der Waals surface area contributed by atoms with Gasteiger partial charge in [-0.1, -0.05) is 38.1 Å². The Morgan fingerprint density at radius 2 is 1.78 bits per heavy atom. The zero-order valence-corrected chi connectivity index (χ0v) is 15.5. The van der Waals surface area contributed by atoms with Crippen molar-refractivity contribution in [2.75, 3.05) is 26.2 Å². The van der Waals surface area contributed by atoms with Crippen LogP contribution in [0.2, 0.25) is 0 Å². The van der Waals surface area contributed by atoms with E-state index < -0.39 is 0 Å². The third-order valence-corrected chi connectivity index (χ3v) is 5.20. The summed E-state index contributed by atoms with van der Waals surface area (Å²) in [5, 5.41) is 21.0. The number of hydrogen-bond acceptors (Lipinski definition) is 5. The second kappa shape index (κ2) is 6.96. The molecule has 4 rings (SSSR count). The molecule has 0 aliphatic heterocycles. The van der Waals surface area contributed by atoms with E-state index >= 15 is 0 Å². The van der Waals surface area contributed by atoms with Crippen LogP contribution in [0.1, 0.15) is 13.8 Å². The van der Waals surface area contributed by atoms with Gasteiger partial charge >= 0.3 is 0 Å². The summed E-state index contributed by atoms with van der Waals surface area (Å²) in [6, 6.07) is 11.0. The molecule has 6 nitrogen and oxygen atoms in total. The second-order valence-corrected chi connectivity index (χ2v) is 6.59. The largest absolute Gasteiger partial charge is 0.493 e. The normalized spacial score (nSPS) is 12.8. The van der Waals surface area contributed by atoms with Crippen LogP contribution in [0.4, 0.5) is 0 Å². The van der Waals surface area contributed by atoms with Gasteiger partial charge in [0.2, 0.25) is 5.88 Å². The Kier molecular flexibility index (Phi) is 4.49. The number of fused-ring (bicyclic) bond motifs is 2. The molecule has 0 aliphatic rings. The van der Waals surface area contributed by atoms with E-state index in [1.807, 2.05) is 30.3 Å². The zero-order valence-electron chi connectivity index (χ0n) is 15.5. The van der Waals surface area contributed by atoms with Gasteiger partial charge in [-0.25, -0.2) is 5.10 Å². The van der Waals surface area contributed by atoms with Crippen molar-refractivity contribution < 1.29 is 5.11 Å². The Labute approximate surface area is 156 Å². The van der Waals surface area contributed by atoms with Crippen LogP contribution in [0, 0.1) is 0 Å². The van der Waals surface area contributed by atoms with Crippen molar-refractivity contribution in [2.45, 2.75) is 13.8 Å². The quantitative estimate of drug-likeness (QED) is 0.422. The molecule has 138 valence electrons. The molecule has 1 aromatic heterocycles. The monoisotopic (exact) mass is 362 g/mol. The summed E-state index contributed by atoms with van der Waals surface area (Å²) >= 11 is 0. The van der Waals surface area contributed by atoms with Crippen molar-refractivity contribution in [3.63, 3.8) is 0 Å². The van der Waals surface area contributed by atoms with Gasteiger partial charge < -0.3 is 10.0 Å². The summed E-state index contributed by atoms with van der Waals surface area (Å²) in [7, 11) is 0.